The van der Waals surface area contributed by atoms with Gasteiger partial charge in [-0.05, 0) is 37.8 Å². The number of nitrogens with one attached hydrogen (secondary N) is 3. The number of hydrogen-bond acceptors (Lipinski definition) is 6. The molecule has 2 aliphatic rings. The van der Waals surface area contributed by atoms with Crippen LogP contribution in [0.4, 0.5) is 28.6 Å². The molecule has 0 radical (unpaired) electrons. The van der Waals surface area contributed by atoms with Crippen molar-refractivity contribution in [2.75, 3.05) is 44.2 Å². The third-order valence-electron chi connectivity index (χ3n) is 5.59. The van der Waals surface area contributed by atoms with Gasteiger partial charge < -0.3 is 36.6 Å². The molecule has 2 aliphatic heterocycles. The Balaban J connectivity index is 0.000000540. The van der Waals surface area contributed by atoms with E-state index in [1.54, 1.807) is 0 Å². The van der Waals surface area contributed by atoms with E-state index in [2.05, 4.69) is 25.8 Å². The van der Waals surface area contributed by atoms with Crippen molar-refractivity contribution in [3.05, 3.63) is 24.4 Å². The van der Waals surface area contributed by atoms with Crippen LogP contribution in [0.15, 0.2) is 24.4 Å². The zero-order valence-corrected chi connectivity index (χ0v) is 19.3. The number of likely N-dealkylation sites (tertiary alicyclic amines) is 1. The number of aliphatic carboxylic acids is 1. The maximum absolute atomic E-state index is 12.6. The number of nitrogens with zero attached hydrogens (tertiary/aromatic N) is 3. The molecule has 35 heavy (non-hydrogen) atoms. The topological polar surface area (TPSA) is 153 Å². The molecule has 6 N–H and O–H groups in total. The van der Waals surface area contributed by atoms with E-state index in [9.17, 15) is 22.8 Å². The highest BCUT2D eigenvalue weighted by Crippen LogP contribution is 2.18. The van der Waals surface area contributed by atoms with Gasteiger partial charge in [-0.1, -0.05) is 6.07 Å². The maximum Gasteiger partial charge on any atom is 0.490 e. The lowest BCUT2D eigenvalue weighted by Crippen LogP contribution is -2.54. The number of urea groups is 2. The van der Waals surface area contributed by atoms with E-state index < -0.39 is 12.1 Å². The van der Waals surface area contributed by atoms with Crippen LogP contribution in [-0.2, 0) is 4.79 Å². The largest absolute Gasteiger partial charge is 0.490 e. The molecule has 0 spiro atoms. The second-order valence-electron chi connectivity index (χ2n) is 8.15. The van der Waals surface area contributed by atoms with Gasteiger partial charge in [0.25, 0.3) is 0 Å². The molecular weight excluding hydrogens is 471 g/mol. The summed E-state index contributed by atoms with van der Waals surface area (Å²) in [5.41, 5.74) is 5.38. The van der Waals surface area contributed by atoms with Gasteiger partial charge in [0.15, 0.2) is 0 Å². The number of rotatable bonds is 5. The van der Waals surface area contributed by atoms with Crippen molar-refractivity contribution in [2.45, 2.75) is 43.9 Å². The van der Waals surface area contributed by atoms with Gasteiger partial charge in [0.2, 0.25) is 0 Å². The molecule has 3 rings (SSSR count). The summed E-state index contributed by atoms with van der Waals surface area (Å²) in [5, 5.41) is 15.9. The Morgan fingerprint density at radius 1 is 1.03 bits per heavy atom. The van der Waals surface area contributed by atoms with E-state index >= 15 is 0 Å². The summed E-state index contributed by atoms with van der Waals surface area (Å²) in [6.07, 6.45) is 0.0933. The van der Waals surface area contributed by atoms with Gasteiger partial charge in [-0.15, -0.1) is 0 Å². The molecule has 0 bridgehead atoms. The number of piperidine rings is 2. The van der Waals surface area contributed by atoms with E-state index in [1.165, 1.54) is 0 Å². The van der Waals surface area contributed by atoms with Gasteiger partial charge in [0.1, 0.15) is 5.82 Å². The molecule has 3 heterocycles. The van der Waals surface area contributed by atoms with Gasteiger partial charge >= 0.3 is 24.2 Å². The summed E-state index contributed by atoms with van der Waals surface area (Å²) in [6, 6.07) is 6.05. The van der Waals surface area contributed by atoms with Crippen LogP contribution in [0.2, 0.25) is 0 Å². The minimum absolute atomic E-state index is 0.00215. The van der Waals surface area contributed by atoms with E-state index in [0.717, 1.165) is 44.6 Å². The molecule has 2 saturated heterocycles. The van der Waals surface area contributed by atoms with E-state index in [4.69, 9.17) is 15.6 Å². The highest BCUT2D eigenvalue weighted by atomic mass is 19.4. The van der Waals surface area contributed by atoms with Crippen LogP contribution < -0.4 is 26.6 Å². The minimum Gasteiger partial charge on any atom is -0.475 e. The first-order valence-electron chi connectivity index (χ1n) is 11.4. The number of halogens is 3. The zero-order valence-electron chi connectivity index (χ0n) is 19.3. The first kappa shape index (κ1) is 28.0. The third kappa shape index (κ3) is 9.84. The molecule has 4 amide bonds. The Bertz CT molecular complexity index is 813. The van der Waals surface area contributed by atoms with Crippen molar-refractivity contribution in [3.8, 4) is 0 Å². The van der Waals surface area contributed by atoms with Crippen molar-refractivity contribution in [1.29, 1.82) is 0 Å². The number of carboxylic acid groups (broad SMARTS) is 1. The first-order valence-corrected chi connectivity index (χ1v) is 11.4. The molecule has 0 aromatic carbocycles. The van der Waals surface area contributed by atoms with Gasteiger partial charge in [-0.25, -0.2) is 19.4 Å². The molecule has 1 aromatic rings. The zero-order chi connectivity index (χ0) is 25.8. The number of aromatic nitrogens is 1. The van der Waals surface area contributed by atoms with Crippen molar-refractivity contribution < 1.29 is 32.7 Å². The Morgan fingerprint density at radius 2 is 1.60 bits per heavy atom. The lowest BCUT2D eigenvalue weighted by Gasteiger charge is -2.36. The highest BCUT2D eigenvalue weighted by molar-refractivity contribution is 5.75. The predicted molar refractivity (Wildman–Crippen MR) is 122 cm³/mol. The number of carbonyl (C=O) groups is 3. The second kappa shape index (κ2) is 13.6. The molecule has 1 aromatic heterocycles. The molecule has 11 nitrogen and oxygen atoms in total. The van der Waals surface area contributed by atoms with Crippen LogP contribution >= 0.6 is 0 Å². The molecule has 2 fully saturated rings. The quantitative estimate of drug-likeness (QED) is 0.404. The SMILES string of the molecule is NCCNC(=O)NC1CCN(C(=O)NC2CCN(c3ccccn3)CC2)CC1.O=C(O)C(F)(F)F. The van der Waals surface area contributed by atoms with Gasteiger partial charge in [-0.2, -0.15) is 13.2 Å². The number of nitrogens with two attached hydrogens (primary N) is 1. The lowest BCUT2D eigenvalue weighted by molar-refractivity contribution is -0.192. The number of amides is 4. The minimum atomic E-state index is -5.08. The number of alkyl halides is 3. The summed E-state index contributed by atoms with van der Waals surface area (Å²) in [6.45, 7) is 3.98. The number of carboxylic acids is 1. The molecule has 0 unspecified atom stereocenters. The summed E-state index contributed by atoms with van der Waals surface area (Å²) >= 11 is 0. The van der Waals surface area contributed by atoms with E-state index in [0.29, 0.717) is 26.2 Å². The lowest BCUT2D eigenvalue weighted by atomic mass is 10.0. The summed E-state index contributed by atoms with van der Waals surface area (Å²) in [4.78, 5) is 41.7. The highest BCUT2D eigenvalue weighted by Gasteiger charge is 2.38. The number of carbonyl (C=O) groups excluding carboxylic acids is 2. The number of hydrogen-bond donors (Lipinski definition) is 5. The van der Waals surface area contributed by atoms with Crippen LogP contribution in [0.25, 0.3) is 0 Å². The summed E-state index contributed by atoms with van der Waals surface area (Å²) in [5.74, 6) is -1.76. The van der Waals surface area contributed by atoms with Crippen molar-refractivity contribution >= 4 is 23.8 Å². The van der Waals surface area contributed by atoms with E-state index in [1.807, 2.05) is 29.3 Å². The Labute approximate surface area is 201 Å². The van der Waals surface area contributed by atoms with Crippen molar-refractivity contribution in [1.82, 2.24) is 25.8 Å². The van der Waals surface area contributed by atoms with Gasteiger partial charge in [0, 0.05) is 57.5 Å². The normalized spacial score (nSPS) is 17.1. The fraction of sp³-hybridized carbons (Fsp3) is 0.619. The molecule has 0 saturated carbocycles. The Morgan fingerprint density at radius 3 is 2.11 bits per heavy atom. The first-order chi connectivity index (χ1) is 16.6. The molecular formula is C21H32F3N7O4. The average molecular weight is 504 g/mol. The summed E-state index contributed by atoms with van der Waals surface area (Å²) in [7, 11) is 0. The molecule has 0 aliphatic carbocycles. The van der Waals surface area contributed by atoms with Crippen LogP contribution in [-0.4, -0.2) is 90.6 Å². The van der Waals surface area contributed by atoms with Crippen molar-refractivity contribution in [2.24, 2.45) is 5.73 Å². The van der Waals surface area contributed by atoms with Gasteiger partial charge in [-0.3, -0.25) is 0 Å². The average Bonchev–Trinajstić information content (AvgIpc) is 2.84. The third-order valence-corrected chi connectivity index (χ3v) is 5.59. The molecule has 14 heteroatoms. The monoisotopic (exact) mass is 503 g/mol. The molecule has 196 valence electrons. The smallest absolute Gasteiger partial charge is 0.475 e. The van der Waals surface area contributed by atoms with Crippen LogP contribution in [0, 0.1) is 0 Å². The van der Waals surface area contributed by atoms with Gasteiger partial charge in [0.05, 0.1) is 0 Å². The number of pyridine rings is 1. The van der Waals surface area contributed by atoms with Crippen LogP contribution in [0.1, 0.15) is 25.7 Å². The standard InChI is InChI=1S/C19H31N7O2.C2HF3O2/c20-8-10-22-18(27)23-15-6-13-26(14-7-15)19(28)24-16-4-11-25(12-5-16)17-3-1-2-9-21-17;3-2(4,5)1(6)7/h1-3,9,15-16H,4-8,10-14,20H2,(H,24,28)(H2,22,23,27);(H,6,7). The predicted octanol–water partition coefficient (Wildman–Crippen LogP) is 1.12. The van der Waals surface area contributed by atoms with Crippen LogP contribution in [0.5, 0.6) is 0 Å². The number of anilines is 1. The van der Waals surface area contributed by atoms with Crippen LogP contribution in [0.3, 0.4) is 0 Å². The summed E-state index contributed by atoms with van der Waals surface area (Å²) < 4.78 is 31.7. The Hall–Kier alpha value is -3.29. The Kier molecular flexibility index (Phi) is 10.8. The molecule has 0 atom stereocenters. The fourth-order valence-electron chi connectivity index (χ4n) is 3.71. The van der Waals surface area contributed by atoms with E-state index in [-0.39, 0.29) is 24.1 Å². The van der Waals surface area contributed by atoms with Crippen molar-refractivity contribution in [3.63, 3.8) is 0 Å². The fourth-order valence-corrected chi connectivity index (χ4v) is 3.71. The maximum atomic E-state index is 12.6. The second-order valence-corrected chi connectivity index (χ2v) is 8.15.